The van der Waals surface area contributed by atoms with E-state index in [1.54, 1.807) is 0 Å². The second-order valence-corrected chi connectivity index (χ2v) is 4.56. The van der Waals surface area contributed by atoms with Crippen LogP contribution in [0, 0.1) is 0 Å². The molecule has 3 heteroatoms. The van der Waals surface area contributed by atoms with Crippen LogP contribution >= 0.6 is 11.8 Å². The van der Waals surface area contributed by atoms with E-state index in [1.165, 1.54) is 38.0 Å². The Morgan fingerprint density at radius 3 is 3.00 bits per heavy atom. The molecule has 0 aromatic carbocycles. The van der Waals surface area contributed by atoms with E-state index in [1.807, 2.05) is 11.8 Å². The number of rotatable bonds is 6. The predicted molar refractivity (Wildman–Crippen MR) is 56.6 cm³/mol. The van der Waals surface area contributed by atoms with Gasteiger partial charge in [-0.05, 0) is 38.0 Å². The van der Waals surface area contributed by atoms with E-state index in [0.717, 1.165) is 18.3 Å². The van der Waals surface area contributed by atoms with Crippen LogP contribution in [0.1, 0.15) is 25.7 Å². The van der Waals surface area contributed by atoms with E-state index in [-0.39, 0.29) is 0 Å². The summed E-state index contributed by atoms with van der Waals surface area (Å²) in [4.78, 5) is 0. The number of hydrogen-bond acceptors (Lipinski definition) is 3. The lowest BCUT2D eigenvalue weighted by atomic mass is 10.1. The molecule has 3 N–H and O–H groups in total. The van der Waals surface area contributed by atoms with Crippen molar-refractivity contribution < 1.29 is 0 Å². The van der Waals surface area contributed by atoms with Crippen LogP contribution in [-0.2, 0) is 0 Å². The molecule has 0 aromatic heterocycles. The summed E-state index contributed by atoms with van der Waals surface area (Å²) in [5, 5.41) is 3.51. The Morgan fingerprint density at radius 1 is 1.42 bits per heavy atom. The summed E-state index contributed by atoms with van der Waals surface area (Å²) in [6, 6.07) is 0.823. The third-order valence-corrected chi connectivity index (χ3v) is 3.37. The molecule has 0 amide bonds. The molecule has 1 fully saturated rings. The van der Waals surface area contributed by atoms with Gasteiger partial charge in [0.15, 0.2) is 0 Å². The van der Waals surface area contributed by atoms with Gasteiger partial charge in [0.1, 0.15) is 0 Å². The maximum absolute atomic E-state index is 5.40. The summed E-state index contributed by atoms with van der Waals surface area (Å²) in [6.45, 7) is 2.06. The smallest absolute Gasteiger partial charge is 0.00678 e. The Morgan fingerprint density at radius 2 is 2.33 bits per heavy atom. The normalized spacial score (nSPS) is 23.2. The monoisotopic (exact) mass is 188 g/mol. The topological polar surface area (TPSA) is 38.0 Å². The van der Waals surface area contributed by atoms with Gasteiger partial charge >= 0.3 is 0 Å². The molecular weight excluding hydrogens is 168 g/mol. The van der Waals surface area contributed by atoms with Crippen LogP contribution in [0.3, 0.4) is 0 Å². The molecule has 1 unspecified atom stereocenters. The second kappa shape index (κ2) is 6.75. The molecule has 72 valence electrons. The molecule has 1 heterocycles. The van der Waals surface area contributed by atoms with Crippen molar-refractivity contribution in [3.63, 3.8) is 0 Å². The molecule has 0 spiro atoms. The van der Waals surface area contributed by atoms with Crippen LogP contribution in [0.5, 0.6) is 0 Å². The Labute approximate surface area is 79.7 Å². The maximum Gasteiger partial charge on any atom is 0.00678 e. The van der Waals surface area contributed by atoms with Crippen molar-refractivity contribution in [2.24, 2.45) is 5.73 Å². The third-order valence-electron chi connectivity index (χ3n) is 2.27. The molecule has 1 saturated heterocycles. The summed E-state index contributed by atoms with van der Waals surface area (Å²) < 4.78 is 0. The van der Waals surface area contributed by atoms with Gasteiger partial charge in [0.25, 0.3) is 0 Å². The first-order valence-electron chi connectivity index (χ1n) is 4.94. The highest BCUT2D eigenvalue weighted by Crippen LogP contribution is 2.12. The molecule has 0 aromatic rings. The van der Waals surface area contributed by atoms with E-state index in [4.69, 9.17) is 5.73 Å². The van der Waals surface area contributed by atoms with Crippen LogP contribution in [0.4, 0.5) is 0 Å². The molecule has 2 nitrogen and oxygen atoms in total. The minimum atomic E-state index is 0.823. The Kier molecular flexibility index (Phi) is 5.82. The number of nitrogens with two attached hydrogens (primary N) is 1. The van der Waals surface area contributed by atoms with Crippen LogP contribution in [-0.4, -0.2) is 30.6 Å². The molecular formula is C9H20N2S. The summed E-state index contributed by atoms with van der Waals surface area (Å²) in [6.07, 6.45) is 5.47. The van der Waals surface area contributed by atoms with Crippen molar-refractivity contribution in [3.05, 3.63) is 0 Å². The molecule has 0 radical (unpaired) electrons. The van der Waals surface area contributed by atoms with Gasteiger partial charge in [0.05, 0.1) is 0 Å². The van der Waals surface area contributed by atoms with Crippen LogP contribution < -0.4 is 11.1 Å². The lowest BCUT2D eigenvalue weighted by Gasteiger charge is -2.08. The molecule has 1 aliphatic rings. The number of nitrogens with one attached hydrogen (secondary N) is 1. The first-order chi connectivity index (χ1) is 5.93. The molecule has 0 bridgehead atoms. The molecule has 1 rings (SSSR count). The SMILES string of the molecule is NCCSCCCC1CCCN1. The molecule has 1 aliphatic heterocycles. The first kappa shape index (κ1) is 10.4. The quantitative estimate of drug-likeness (QED) is 0.615. The van der Waals surface area contributed by atoms with Crippen molar-refractivity contribution in [3.8, 4) is 0 Å². The fraction of sp³-hybridized carbons (Fsp3) is 1.00. The highest BCUT2D eigenvalue weighted by atomic mass is 32.2. The van der Waals surface area contributed by atoms with Gasteiger partial charge in [-0.2, -0.15) is 11.8 Å². The summed E-state index contributed by atoms with van der Waals surface area (Å²) >= 11 is 1.98. The third kappa shape index (κ3) is 4.33. The highest BCUT2D eigenvalue weighted by molar-refractivity contribution is 7.99. The van der Waals surface area contributed by atoms with Gasteiger partial charge in [-0.25, -0.2) is 0 Å². The standard InChI is InChI=1S/C9H20N2S/c10-5-8-12-7-2-4-9-3-1-6-11-9/h9,11H,1-8,10H2. The predicted octanol–water partition coefficient (Wildman–Crippen LogP) is 1.21. The summed E-state index contributed by atoms with van der Waals surface area (Å²) in [7, 11) is 0. The van der Waals surface area contributed by atoms with Gasteiger partial charge in [-0.15, -0.1) is 0 Å². The van der Waals surface area contributed by atoms with Gasteiger partial charge in [0, 0.05) is 18.3 Å². The summed E-state index contributed by atoms with van der Waals surface area (Å²) in [5.41, 5.74) is 5.40. The van der Waals surface area contributed by atoms with Gasteiger partial charge in [-0.1, -0.05) is 0 Å². The van der Waals surface area contributed by atoms with E-state index in [9.17, 15) is 0 Å². The van der Waals surface area contributed by atoms with Crippen molar-refractivity contribution in [2.75, 3.05) is 24.6 Å². The molecule has 0 aliphatic carbocycles. The Balaban J connectivity index is 1.81. The Hall–Kier alpha value is 0.270. The number of thioether (sulfide) groups is 1. The fourth-order valence-corrected chi connectivity index (χ4v) is 2.36. The van der Waals surface area contributed by atoms with Gasteiger partial charge in [0.2, 0.25) is 0 Å². The highest BCUT2D eigenvalue weighted by Gasteiger charge is 2.12. The lowest BCUT2D eigenvalue weighted by molar-refractivity contribution is 0.553. The lowest BCUT2D eigenvalue weighted by Crippen LogP contribution is -2.21. The average molecular weight is 188 g/mol. The van der Waals surface area contributed by atoms with Crippen LogP contribution in [0.2, 0.25) is 0 Å². The zero-order valence-corrected chi connectivity index (χ0v) is 8.54. The average Bonchev–Trinajstić information content (AvgIpc) is 2.57. The molecule has 1 atom stereocenters. The van der Waals surface area contributed by atoms with Crippen molar-refractivity contribution >= 4 is 11.8 Å². The van der Waals surface area contributed by atoms with Crippen molar-refractivity contribution in [1.82, 2.24) is 5.32 Å². The zero-order chi connectivity index (χ0) is 8.65. The minimum Gasteiger partial charge on any atom is -0.330 e. The molecule has 0 saturated carbocycles. The van der Waals surface area contributed by atoms with Crippen LogP contribution in [0.15, 0.2) is 0 Å². The van der Waals surface area contributed by atoms with E-state index in [0.29, 0.717) is 0 Å². The van der Waals surface area contributed by atoms with Crippen molar-refractivity contribution in [1.29, 1.82) is 0 Å². The first-order valence-corrected chi connectivity index (χ1v) is 6.10. The fourth-order valence-electron chi connectivity index (χ4n) is 1.62. The summed E-state index contributed by atoms with van der Waals surface area (Å²) in [5.74, 6) is 2.41. The van der Waals surface area contributed by atoms with Gasteiger partial charge < -0.3 is 11.1 Å². The van der Waals surface area contributed by atoms with E-state index >= 15 is 0 Å². The zero-order valence-electron chi connectivity index (χ0n) is 7.72. The van der Waals surface area contributed by atoms with Crippen molar-refractivity contribution in [2.45, 2.75) is 31.7 Å². The minimum absolute atomic E-state index is 0.823. The van der Waals surface area contributed by atoms with Crippen LogP contribution in [0.25, 0.3) is 0 Å². The van der Waals surface area contributed by atoms with E-state index in [2.05, 4.69) is 5.32 Å². The Bertz CT molecular complexity index is 103. The van der Waals surface area contributed by atoms with E-state index < -0.39 is 0 Å². The maximum atomic E-state index is 5.40. The molecule has 12 heavy (non-hydrogen) atoms. The number of hydrogen-bond donors (Lipinski definition) is 2. The van der Waals surface area contributed by atoms with Gasteiger partial charge in [-0.3, -0.25) is 0 Å². The largest absolute Gasteiger partial charge is 0.330 e. The second-order valence-electron chi connectivity index (χ2n) is 3.34.